The molecule has 0 radical (unpaired) electrons. The Bertz CT molecular complexity index is 589. The average Bonchev–Trinajstić information content (AvgIpc) is 2.56. The first-order valence-corrected chi connectivity index (χ1v) is 7.88. The molecule has 3 nitrogen and oxygen atoms in total. The van der Waals surface area contributed by atoms with E-state index in [1.54, 1.807) is 0 Å². The van der Waals surface area contributed by atoms with Crippen molar-refractivity contribution in [1.82, 2.24) is 10.2 Å². The van der Waals surface area contributed by atoms with E-state index in [0.717, 1.165) is 17.1 Å². The van der Waals surface area contributed by atoms with Crippen LogP contribution in [0.2, 0.25) is 0 Å². The van der Waals surface area contributed by atoms with Gasteiger partial charge in [-0.25, -0.2) is 0 Å². The first-order valence-electron chi connectivity index (χ1n) is 7.88. The molecule has 1 fully saturated rings. The van der Waals surface area contributed by atoms with Gasteiger partial charge in [-0.2, -0.15) is 0 Å². The van der Waals surface area contributed by atoms with E-state index >= 15 is 0 Å². The minimum atomic E-state index is 0.620. The first kappa shape index (κ1) is 14.1. The molecule has 1 aromatic heterocycles. The van der Waals surface area contributed by atoms with Crippen molar-refractivity contribution >= 4 is 5.82 Å². The first-order chi connectivity index (χ1) is 10.3. The lowest BCUT2D eigenvalue weighted by atomic mass is 9.94. The molecule has 1 saturated carbocycles. The third-order valence-electron chi connectivity index (χ3n) is 4.48. The Labute approximate surface area is 127 Å². The molecule has 0 unspecified atom stereocenters. The van der Waals surface area contributed by atoms with Crippen LogP contribution in [0.1, 0.15) is 37.7 Å². The molecule has 1 aromatic carbocycles. The number of benzene rings is 1. The lowest BCUT2D eigenvalue weighted by Crippen LogP contribution is -2.34. The van der Waals surface area contributed by atoms with Crippen LogP contribution in [0, 0.1) is 6.92 Å². The zero-order valence-electron chi connectivity index (χ0n) is 12.9. The molecule has 0 N–H and O–H groups in total. The highest BCUT2D eigenvalue weighted by Gasteiger charge is 2.20. The molecule has 2 aromatic rings. The fourth-order valence-electron chi connectivity index (χ4n) is 3.22. The Morgan fingerprint density at radius 1 is 1.00 bits per heavy atom. The van der Waals surface area contributed by atoms with Gasteiger partial charge < -0.3 is 4.90 Å². The summed E-state index contributed by atoms with van der Waals surface area (Å²) in [6.07, 6.45) is 6.60. The summed E-state index contributed by atoms with van der Waals surface area (Å²) >= 11 is 0. The van der Waals surface area contributed by atoms with Crippen LogP contribution in [-0.4, -0.2) is 23.3 Å². The highest BCUT2D eigenvalue weighted by Crippen LogP contribution is 2.28. The van der Waals surface area contributed by atoms with Gasteiger partial charge >= 0.3 is 0 Å². The zero-order valence-corrected chi connectivity index (χ0v) is 12.9. The molecule has 3 rings (SSSR count). The fourth-order valence-corrected chi connectivity index (χ4v) is 3.22. The van der Waals surface area contributed by atoms with Gasteiger partial charge in [0.15, 0.2) is 5.82 Å². The molecule has 1 aliphatic rings. The van der Waals surface area contributed by atoms with Crippen LogP contribution in [0.3, 0.4) is 0 Å². The lowest BCUT2D eigenvalue weighted by molar-refractivity contribution is 0.425. The van der Waals surface area contributed by atoms with Crippen molar-refractivity contribution < 1.29 is 0 Å². The molecule has 1 heterocycles. The van der Waals surface area contributed by atoms with Gasteiger partial charge in [-0.1, -0.05) is 49.6 Å². The van der Waals surface area contributed by atoms with Crippen LogP contribution in [-0.2, 0) is 0 Å². The van der Waals surface area contributed by atoms with E-state index in [0.29, 0.717) is 6.04 Å². The average molecular weight is 281 g/mol. The van der Waals surface area contributed by atoms with E-state index < -0.39 is 0 Å². The Balaban J connectivity index is 1.84. The fraction of sp³-hybridized carbons (Fsp3) is 0.444. The van der Waals surface area contributed by atoms with Gasteiger partial charge in [0, 0.05) is 18.7 Å². The van der Waals surface area contributed by atoms with Crippen LogP contribution in [0.15, 0.2) is 36.4 Å². The maximum atomic E-state index is 4.51. The van der Waals surface area contributed by atoms with Crippen LogP contribution in [0.25, 0.3) is 11.3 Å². The topological polar surface area (TPSA) is 29.0 Å². The maximum absolute atomic E-state index is 4.51. The molecule has 0 saturated heterocycles. The number of hydrogen-bond acceptors (Lipinski definition) is 3. The van der Waals surface area contributed by atoms with Crippen LogP contribution in [0.5, 0.6) is 0 Å². The molecule has 3 heteroatoms. The SMILES string of the molecule is Cc1cc(-c2ccccc2)nnc1N(C)C1CCCCC1. The minimum absolute atomic E-state index is 0.620. The molecule has 0 bridgehead atoms. The Kier molecular flexibility index (Phi) is 4.18. The van der Waals surface area contributed by atoms with Gasteiger partial charge in [0.05, 0.1) is 5.69 Å². The third kappa shape index (κ3) is 3.07. The minimum Gasteiger partial charge on any atom is -0.355 e. The van der Waals surface area contributed by atoms with E-state index in [-0.39, 0.29) is 0 Å². The van der Waals surface area contributed by atoms with Crippen molar-refractivity contribution in [3.05, 3.63) is 42.0 Å². The van der Waals surface area contributed by atoms with E-state index in [9.17, 15) is 0 Å². The van der Waals surface area contributed by atoms with Crippen molar-refractivity contribution in [2.24, 2.45) is 0 Å². The predicted octanol–water partition coefficient (Wildman–Crippen LogP) is 4.22. The van der Waals surface area contributed by atoms with Crippen molar-refractivity contribution in [1.29, 1.82) is 0 Å². The van der Waals surface area contributed by atoms with Gasteiger partial charge in [0.25, 0.3) is 0 Å². The smallest absolute Gasteiger partial charge is 0.154 e. The summed E-state index contributed by atoms with van der Waals surface area (Å²) in [5.74, 6) is 1.03. The highest BCUT2D eigenvalue weighted by molar-refractivity contribution is 5.61. The molecule has 0 amide bonds. The van der Waals surface area contributed by atoms with Gasteiger partial charge in [-0.05, 0) is 31.4 Å². The van der Waals surface area contributed by atoms with Crippen LogP contribution < -0.4 is 4.90 Å². The van der Waals surface area contributed by atoms with Crippen molar-refractivity contribution in [3.8, 4) is 11.3 Å². The maximum Gasteiger partial charge on any atom is 0.154 e. The predicted molar refractivity (Wildman–Crippen MR) is 87.5 cm³/mol. The van der Waals surface area contributed by atoms with Gasteiger partial charge in [-0.3, -0.25) is 0 Å². The van der Waals surface area contributed by atoms with E-state index in [1.165, 1.54) is 37.7 Å². The zero-order chi connectivity index (χ0) is 14.7. The summed E-state index contributed by atoms with van der Waals surface area (Å²) in [7, 11) is 2.16. The summed E-state index contributed by atoms with van der Waals surface area (Å²) < 4.78 is 0. The summed E-state index contributed by atoms with van der Waals surface area (Å²) in [5, 5.41) is 8.94. The van der Waals surface area contributed by atoms with E-state index in [4.69, 9.17) is 0 Å². The number of rotatable bonds is 3. The lowest BCUT2D eigenvalue weighted by Gasteiger charge is -2.32. The van der Waals surface area contributed by atoms with Crippen molar-refractivity contribution in [2.75, 3.05) is 11.9 Å². The summed E-state index contributed by atoms with van der Waals surface area (Å²) in [4.78, 5) is 2.33. The van der Waals surface area contributed by atoms with Crippen LogP contribution >= 0.6 is 0 Å². The molecular weight excluding hydrogens is 258 g/mol. The largest absolute Gasteiger partial charge is 0.355 e. The molecule has 110 valence electrons. The number of nitrogens with zero attached hydrogens (tertiary/aromatic N) is 3. The molecule has 0 atom stereocenters. The summed E-state index contributed by atoms with van der Waals surface area (Å²) in [5.41, 5.74) is 3.28. The second kappa shape index (κ2) is 6.25. The van der Waals surface area contributed by atoms with Crippen molar-refractivity contribution in [2.45, 2.75) is 45.1 Å². The second-order valence-corrected chi connectivity index (χ2v) is 6.00. The third-order valence-corrected chi connectivity index (χ3v) is 4.48. The molecule has 1 aliphatic carbocycles. The van der Waals surface area contributed by atoms with Gasteiger partial charge in [0.1, 0.15) is 0 Å². The normalized spacial score (nSPS) is 15.9. The quantitative estimate of drug-likeness (QED) is 0.843. The number of hydrogen-bond donors (Lipinski definition) is 0. The molecule has 0 aliphatic heterocycles. The molecule has 0 spiro atoms. The summed E-state index contributed by atoms with van der Waals surface area (Å²) in [6, 6.07) is 13.0. The van der Waals surface area contributed by atoms with Crippen molar-refractivity contribution in [3.63, 3.8) is 0 Å². The highest BCUT2D eigenvalue weighted by atomic mass is 15.3. The standard InChI is InChI=1S/C18H23N3/c1-14-13-17(15-9-5-3-6-10-15)19-20-18(14)21(2)16-11-7-4-8-12-16/h3,5-6,9-10,13,16H,4,7-8,11-12H2,1-2H3. The Morgan fingerprint density at radius 3 is 2.38 bits per heavy atom. The second-order valence-electron chi connectivity index (χ2n) is 6.00. The van der Waals surface area contributed by atoms with E-state index in [1.807, 2.05) is 18.2 Å². The Hall–Kier alpha value is -1.90. The van der Waals surface area contributed by atoms with Crippen LogP contribution in [0.4, 0.5) is 5.82 Å². The number of anilines is 1. The van der Waals surface area contributed by atoms with Gasteiger partial charge in [-0.15, -0.1) is 10.2 Å². The number of aryl methyl sites for hydroxylation is 1. The van der Waals surface area contributed by atoms with Gasteiger partial charge in [0.2, 0.25) is 0 Å². The monoisotopic (exact) mass is 281 g/mol. The van der Waals surface area contributed by atoms with E-state index in [2.05, 4.69) is 47.3 Å². The molecular formula is C18H23N3. The number of aromatic nitrogens is 2. The Morgan fingerprint density at radius 2 is 1.71 bits per heavy atom. The summed E-state index contributed by atoms with van der Waals surface area (Å²) in [6.45, 7) is 2.13. The molecule has 21 heavy (non-hydrogen) atoms.